The minimum Gasteiger partial charge on any atom is -0.616 e. The Bertz CT molecular complexity index is 820. The highest BCUT2D eigenvalue weighted by atomic mass is 32.2. The van der Waals surface area contributed by atoms with Gasteiger partial charge in [-0.3, -0.25) is 9.78 Å². The maximum absolute atomic E-state index is 12.4. The molecule has 7 heteroatoms. The quantitative estimate of drug-likeness (QED) is 0.570. The molecule has 2 aromatic rings. The minimum absolute atomic E-state index is 0.265. The molecule has 0 saturated carbocycles. The molecule has 1 fully saturated rings. The molecule has 1 aliphatic rings. The first-order chi connectivity index (χ1) is 13.6. The number of hydrogen-bond acceptors (Lipinski definition) is 5. The van der Waals surface area contributed by atoms with E-state index in [2.05, 4.69) is 22.2 Å². The summed E-state index contributed by atoms with van der Waals surface area (Å²) >= 11 is -0.840. The maximum atomic E-state index is 12.4. The van der Waals surface area contributed by atoms with E-state index in [0.29, 0.717) is 17.9 Å². The summed E-state index contributed by atoms with van der Waals surface area (Å²) in [7, 11) is 2.11. The van der Waals surface area contributed by atoms with Crippen molar-refractivity contribution in [1.29, 1.82) is 0 Å². The van der Waals surface area contributed by atoms with Crippen molar-refractivity contribution in [3.05, 3.63) is 54.1 Å². The average molecular weight is 402 g/mol. The molecule has 1 aliphatic heterocycles. The molecule has 2 aromatic heterocycles. The lowest BCUT2D eigenvalue weighted by molar-refractivity contribution is 0.0932. The zero-order chi connectivity index (χ0) is 19.9. The van der Waals surface area contributed by atoms with Crippen LogP contribution in [0.5, 0.6) is 0 Å². The van der Waals surface area contributed by atoms with Gasteiger partial charge in [-0.2, -0.15) is 0 Å². The number of furan rings is 1. The van der Waals surface area contributed by atoms with Gasteiger partial charge in [0.2, 0.25) is 0 Å². The number of hydrogen-bond donors (Lipinski definition) is 1. The highest BCUT2D eigenvalue weighted by molar-refractivity contribution is 7.92. The fourth-order valence-electron chi connectivity index (χ4n) is 3.20. The summed E-state index contributed by atoms with van der Waals surface area (Å²) in [6, 6.07) is 3.52. The van der Waals surface area contributed by atoms with Gasteiger partial charge in [0, 0.05) is 44.1 Å². The van der Waals surface area contributed by atoms with Crippen molar-refractivity contribution < 1.29 is 13.8 Å². The molecule has 1 N–H and O–H groups in total. The Morgan fingerprint density at radius 2 is 2.25 bits per heavy atom. The van der Waals surface area contributed by atoms with Gasteiger partial charge in [-0.25, -0.2) is 0 Å². The van der Waals surface area contributed by atoms with Crippen LogP contribution in [0.4, 0.5) is 0 Å². The van der Waals surface area contributed by atoms with E-state index in [9.17, 15) is 9.35 Å². The van der Waals surface area contributed by atoms with Crippen LogP contribution in [0.25, 0.3) is 11.0 Å². The second-order valence-electron chi connectivity index (χ2n) is 7.02. The SMILES string of the molecule is C/C=C(\C=C/C[S+]([O-])C1CCN(C)CC1)CNC(=O)c1cc2ccncc2o1. The second kappa shape index (κ2) is 9.91. The Balaban J connectivity index is 1.47. The zero-order valence-electron chi connectivity index (χ0n) is 16.4. The number of piperidine rings is 1. The van der Waals surface area contributed by atoms with Crippen LogP contribution in [-0.4, -0.2) is 58.0 Å². The lowest BCUT2D eigenvalue weighted by Gasteiger charge is -2.29. The molecule has 0 bridgehead atoms. The van der Waals surface area contributed by atoms with Gasteiger partial charge in [-0.15, -0.1) is 0 Å². The summed E-state index contributed by atoms with van der Waals surface area (Å²) < 4.78 is 18.0. The van der Waals surface area contributed by atoms with Gasteiger partial charge < -0.3 is 19.2 Å². The first kappa shape index (κ1) is 20.6. The summed E-state index contributed by atoms with van der Waals surface area (Å²) in [6.45, 7) is 4.35. The normalized spacial score (nSPS) is 18.0. The Labute approximate surface area is 168 Å². The van der Waals surface area contributed by atoms with Crippen molar-refractivity contribution in [1.82, 2.24) is 15.2 Å². The van der Waals surface area contributed by atoms with Crippen molar-refractivity contribution >= 4 is 28.1 Å². The molecule has 28 heavy (non-hydrogen) atoms. The number of fused-ring (bicyclic) bond motifs is 1. The van der Waals surface area contributed by atoms with Crippen LogP contribution < -0.4 is 5.32 Å². The standard InChI is InChI=1S/C21H27N3O3S/c1-3-16(5-4-12-28(26)18-7-10-24(2)11-8-18)14-23-21(25)19-13-17-6-9-22-15-20(17)27-19/h3-6,9,13,15,18H,7-8,10-12,14H2,1-2H3,(H,23,25)/b5-4-,16-3+. The molecule has 150 valence electrons. The van der Waals surface area contributed by atoms with Gasteiger partial charge in [-0.1, -0.05) is 12.2 Å². The molecule has 3 heterocycles. The molecule has 6 nitrogen and oxygen atoms in total. The second-order valence-corrected chi connectivity index (χ2v) is 8.78. The summed E-state index contributed by atoms with van der Waals surface area (Å²) in [5.74, 6) is 0.556. The monoisotopic (exact) mass is 401 g/mol. The van der Waals surface area contributed by atoms with Gasteiger partial charge in [0.15, 0.2) is 11.3 Å². The third kappa shape index (κ3) is 5.47. The van der Waals surface area contributed by atoms with E-state index in [1.54, 1.807) is 24.5 Å². The fourth-order valence-corrected chi connectivity index (χ4v) is 4.50. The first-order valence-electron chi connectivity index (χ1n) is 9.56. The fraction of sp³-hybridized carbons (Fsp3) is 0.429. The molecule has 3 rings (SSSR count). The summed E-state index contributed by atoms with van der Waals surface area (Å²) in [4.78, 5) is 18.6. The number of rotatable bonds is 7. The lowest BCUT2D eigenvalue weighted by atomic mass is 10.1. The van der Waals surface area contributed by atoms with Gasteiger partial charge in [0.1, 0.15) is 11.0 Å². The Kier molecular flexibility index (Phi) is 7.30. The third-order valence-corrected chi connectivity index (χ3v) is 6.74. The highest BCUT2D eigenvalue weighted by Gasteiger charge is 2.25. The number of carbonyl (C=O) groups is 1. The molecular weight excluding hydrogens is 374 g/mol. The van der Waals surface area contributed by atoms with E-state index in [0.717, 1.165) is 36.9 Å². The Morgan fingerprint density at radius 3 is 2.96 bits per heavy atom. The summed E-state index contributed by atoms with van der Waals surface area (Å²) in [5.41, 5.74) is 1.56. The number of nitrogens with one attached hydrogen (secondary N) is 1. The van der Waals surface area contributed by atoms with E-state index >= 15 is 0 Å². The molecule has 0 spiro atoms. The van der Waals surface area contributed by atoms with Crippen LogP contribution in [-0.2, 0) is 11.2 Å². The Morgan fingerprint density at radius 1 is 1.46 bits per heavy atom. The smallest absolute Gasteiger partial charge is 0.287 e. The van der Waals surface area contributed by atoms with E-state index in [1.165, 1.54) is 0 Å². The van der Waals surface area contributed by atoms with Crippen molar-refractivity contribution in [2.24, 2.45) is 0 Å². The molecular formula is C21H27N3O3S. The van der Waals surface area contributed by atoms with Crippen molar-refractivity contribution in [3.63, 3.8) is 0 Å². The number of nitrogens with zero attached hydrogens (tertiary/aromatic N) is 2. The molecule has 0 aliphatic carbocycles. The molecule has 0 aromatic carbocycles. The van der Waals surface area contributed by atoms with Crippen molar-refractivity contribution in [2.45, 2.75) is 25.0 Å². The number of allylic oxidation sites excluding steroid dienone is 1. The van der Waals surface area contributed by atoms with E-state index in [-0.39, 0.29) is 16.9 Å². The number of carbonyl (C=O) groups excluding carboxylic acids is 1. The van der Waals surface area contributed by atoms with E-state index in [1.807, 2.05) is 25.2 Å². The topological polar surface area (TPSA) is 81.4 Å². The number of aromatic nitrogens is 1. The van der Waals surface area contributed by atoms with E-state index in [4.69, 9.17) is 4.42 Å². The van der Waals surface area contributed by atoms with Crippen LogP contribution in [0, 0.1) is 0 Å². The van der Waals surface area contributed by atoms with Gasteiger partial charge in [0.05, 0.1) is 6.20 Å². The van der Waals surface area contributed by atoms with Crippen LogP contribution in [0.15, 0.2) is 52.7 Å². The molecule has 1 atom stereocenters. The minimum atomic E-state index is -0.840. The Hall–Kier alpha value is -2.09. The third-order valence-electron chi connectivity index (χ3n) is 5.00. The van der Waals surface area contributed by atoms with Crippen molar-refractivity contribution in [3.8, 4) is 0 Å². The average Bonchev–Trinajstić information content (AvgIpc) is 3.15. The van der Waals surface area contributed by atoms with Gasteiger partial charge >= 0.3 is 0 Å². The number of pyridine rings is 1. The predicted octanol–water partition coefficient (Wildman–Crippen LogP) is 2.90. The molecule has 1 saturated heterocycles. The van der Waals surface area contributed by atoms with Crippen LogP contribution in [0.1, 0.15) is 30.3 Å². The lowest BCUT2D eigenvalue weighted by Crippen LogP contribution is -2.37. The van der Waals surface area contributed by atoms with Gasteiger partial charge in [0.25, 0.3) is 5.91 Å². The predicted molar refractivity (Wildman–Crippen MR) is 113 cm³/mol. The van der Waals surface area contributed by atoms with E-state index < -0.39 is 11.2 Å². The van der Waals surface area contributed by atoms with Gasteiger partial charge in [-0.05, 0) is 48.9 Å². The maximum Gasteiger partial charge on any atom is 0.287 e. The molecule has 0 radical (unpaired) electrons. The summed E-state index contributed by atoms with van der Waals surface area (Å²) in [5, 5.41) is 4.00. The van der Waals surface area contributed by atoms with Crippen LogP contribution in [0.2, 0.25) is 0 Å². The summed E-state index contributed by atoms with van der Waals surface area (Å²) in [6.07, 6.45) is 11.1. The molecule has 1 amide bonds. The van der Waals surface area contributed by atoms with Crippen molar-refractivity contribution in [2.75, 3.05) is 32.4 Å². The number of likely N-dealkylation sites (tertiary alicyclic amines) is 1. The van der Waals surface area contributed by atoms with Crippen LogP contribution in [0.3, 0.4) is 0 Å². The zero-order valence-corrected chi connectivity index (χ0v) is 17.2. The highest BCUT2D eigenvalue weighted by Crippen LogP contribution is 2.19. The largest absolute Gasteiger partial charge is 0.616 e. The number of amides is 1. The first-order valence-corrected chi connectivity index (χ1v) is 10.9. The van der Waals surface area contributed by atoms with Crippen LogP contribution >= 0.6 is 0 Å². The molecule has 1 unspecified atom stereocenters.